The normalized spacial score (nSPS) is 16.5. The van der Waals surface area contributed by atoms with Crippen molar-refractivity contribution in [1.29, 1.82) is 5.26 Å². The van der Waals surface area contributed by atoms with Gasteiger partial charge in [0.15, 0.2) is 0 Å². The number of rotatable bonds is 5. The van der Waals surface area contributed by atoms with Crippen LogP contribution in [0.25, 0.3) is 0 Å². The lowest BCUT2D eigenvalue weighted by Crippen LogP contribution is -2.50. The molecular weight excluding hydrogens is 300 g/mol. The summed E-state index contributed by atoms with van der Waals surface area (Å²) in [6, 6.07) is 11.0. The average Bonchev–Trinajstić information content (AvgIpc) is 2.58. The molecule has 2 rings (SSSR count). The molecule has 1 fully saturated rings. The number of anilines is 1. The lowest BCUT2D eigenvalue weighted by atomic mass is 10.0. The summed E-state index contributed by atoms with van der Waals surface area (Å²) in [6.45, 7) is 7.83. The molecule has 1 aromatic carbocycles. The fourth-order valence-corrected chi connectivity index (χ4v) is 2.87. The molecule has 0 radical (unpaired) electrons. The predicted octanol–water partition coefficient (Wildman–Crippen LogP) is 2.63. The number of likely N-dealkylation sites (tertiary alicyclic amines) is 1. The van der Waals surface area contributed by atoms with Gasteiger partial charge in [0, 0.05) is 31.9 Å². The molecule has 1 amide bonds. The van der Waals surface area contributed by atoms with Crippen LogP contribution in [0.15, 0.2) is 24.3 Å². The van der Waals surface area contributed by atoms with Crippen LogP contribution in [0.4, 0.5) is 5.69 Å². The van der Waals surface area contributed by atoms with E-state index in [1.165, 1.54) is 11.3 Å². The summed E-state index contributed by atoms with van der Waals surface area (Å²) in [5.74, 6) is 0.00635. The molecule has 1 aliphatic rings. The predicted molar refractivity (Wildman–Crippen MR) is 96.7 cm³/mol. The zero-order valence-electron chi connectivity index (χ0n) is 15.2. The van der Waals surface area contributed by atoms with Crippen molar-refractivity contribution in [3.63, 3.8) is 0 Å². The number of carbonyl (C=O) groups excluding carboxylic acids is 1. The number of hydrogen-bond acceptors (Lipinski definition) is 4. The van der Waals surface area contributed by atoms with E-state index in [0.717, 1.165) is 25.9 Å². The first kappa shape index (κ1) is 18.3. The van der Waals surface area contributed by atoms with Gasteiger partial charge in [-0.25, -0.2) is 0 Å². The van der Waals surface area contributed by atoms with Crippen molar-refractivity contribution in [2.24, 2.45) is 0 Å². The van der Waals surface area contributed by atoms with Crippen LogP contribution in [0.1, 0.15) is 32.3 Å². The summed E-state index contributed by atoms with van der Waals surface area (Å²) >= 11 is 0. The van der Waals surface area contributed by atoms with Gasteiger partial charge in [0.2, 0.25) is 5.91 Å². The Labute approximate surface area is 145 Å². The average molecular weight is 328 g/mol. The standard InChI is InChI=1S/C19H28N4O/c1-15-7-5-6-8-17(15)21-16-9-11-23(12-10-16)13-18(24)22(4)19(2,3)14-20/h5-8,16,21H,9-13H2,1-4H3. The van der Waals surface area contributed by atoms with Crippen molar-refractivity contribution in [1.82, 2.24) is 9.80 Å². The fraction of sp³-hybridized carbons (Fsp3) is 0.579. The smallest absolute Gasteiger partial charge is 0.237 e. The lowest BCUT2D eigenvalue weighted by molar-refractivity contribution is -0.134. The molecule has 1 N–H and O–H groups in total. The molecule has 0 bridgehead atoms. The molecule has 0 saturated carbocycles. The molecule has 0 spiro atoms. The van der Waals surface area contributed by atoms with E-state index in [1.807, 2.05) is 6.07 Å². The minimum atomic E-state index is -0.762. The highest BCUT2D eigenvalue weighted by molar-refractivity contribution is 5.79. The molecule has 130 valence electrons. The number of benzene rings is 1. The summed E-state index contributed by atoms with van der Waals surface area (Å²) in [5, 5.41) is 12.8. The van der Waals surface area contributed by atoms with Gasteiger partial charge >= 0.3 is 0 Å². The molecule has 5 heteroatoms. The zero-order chi connectivity index (χ0) is 17.7. The quantitative estimate of drug-likeness (QED) is 0.903. The Hall–Kier alpha value is -2.06. The van der Waals surface area contributed by atoms with Gasteiger partial charge in [-0.2, -0.15) is 5.26 Å². The van der Waals surface area contributed by atoms with Gasteiger partial charge in [0.1, 0.15) is 5.54 Å². The number of carbonyl (C=O) groups is 1. The number of nitrogens with zero attached hydrogens (tertiary/aromatic N) is 3. The summed E-state index contributed by atoms with van der Waals surface area (Å²) in [7, 11) is 1.71. The summed E-state index contributed by atoms with van der Waals surface area (Å²) in [4.78, 5) is 16.1. The minimum Gasteiger partial charge on any atom is -0.382 e. The molecule has 1 heterocycles. The number of aryl methyl sites for hydroxylation is 1. The number of hydrogen-bond donors (Lipinski definition) is 1. The Kier molecular flexibility index (Phi) is 5.84. The van der Waals surface area contributed by atoms with E-state index >= 15 is 0 Å². The lowest BCUT2D eigenvalue weighted by Gasteiger charge is -2.35. The van der Waals surface area contributed by atoms with E-state index in [1.54, 1.807) is 25.8 Å². The Bertz CT molecular complexity index is 612. The van der Waals surface area contributed by atoms with E-state index in [4.69, 9.17) is 5.26 Å². The first-order valence-corrected chi connectivity index (χ1v) is 8.56. The third-order valence-corrected chi connectivity index (χ3v) is 4.94. The number of amides is 1. The van der Waals surface area contributed by atoms with Crippen LogP contribution in [-0.4, -0.2) is 54.0 Å². The van der Waals surface area contributed by atoms with Crippen LogP contribution in [-0.2, 0) is 4.79 Å². The van der Waals surface area contributed by atoms with Gasteiger partial charge in [0.25, 0.3) is 0 Å². The Balaban J connectivity index is 1.82. The minimum absolute atomic E-state index is 0.00635. The fourth-order valence-electron chi connectivity index (χ4n) is 2.87. The third kappa shape index (κ3) is 4.48. The van der Waals surface area contributed by atoms with Gasteiger partial charge in [-0.15, -0.1) is 0 Å². The van der Waals surface area contributed by atoms with E-state index in [-0.39, 0.29) is 5.91 Å². The van der Waals surface area contributed by atoms with Crippen molar-refractivity contribution in [3.05, 3.63) is 29.8 Å². The highest BCUT2D eigenvalue weighted by atomic mass is 16.2. The third-order valence-electron chi connectivity index (χ3n) is 4.94. The second-order valence-corrected chi connectivity index (χ2v) is 7.13. The zero-order valence-corrected chi connectivity index (χ0v) is 15.2. The van der Waals surface area contributed by atoms with Crippen molar-refractivity contribution < 1.29 is 4.79 Å². The van der Waals surface area contributed by atoms with E-state index < -0.39 is 5.54 Å². The molecule has 0 unspecified atom stereocenters. The van der Waals surface area contributed by atoms with Crippen LogP contribution < -0.4 is 5.32 Å². The molecule has 0 aromatic heterocycles. The van der Waals surface area contributed by atoms with Gasteiger partial charge in [-0.3, -0.25) is 9.69 Å². The maximum Gasteiger partial charge on any atom is 0.237 e. The van der Waals surface area contributed by atoms with Crippen molar-refractivity contribution in [2.45, 2.75) is 45.2 Å². The molecule has 5 nitrogen and oxygen atoms in total. The Morgan fingerprint density at radius 3 is 2.58 bits per heavy atom. The second-order valence-electron chi connectivity index (χ2n) is 7.13. The van der Waals surface area contributed by atoms with E-state index in [0.29, 0.717) is 12.6 Å². The number of piperidine rings is 1. The number of nitrogens with one attached hydrogen (secondary N) is 1. The molecule has 1 saturated heterocycles. The van der Waals surface area contributed by atoms with Crippen LogP contribution in [0, 0.1) is 18.3 Å². The van der Waals surface area contributed by atoms with Gasteiger partial charge in [-0.1, -0.05) is 18.2 Å². The van der Waals surface area contributed by atoms with Crippen LogP contribution >= 0.6 is 0 Å². The SMILES string of the molecule is Cc1ccccc1NC1CCN(CC(=O)N(C)C(C)(C)C#N)CC1. The van der Waals surface area contributed by atoms with Crippen LogP contribution in [0.2, 0.25) is 0 Å². The number of likely N-dealkylation sites (N-methyl/N-ethyl adjacent to an activating group) is 1. The molecule has 0 atom stereocenters. The second kappa shape index (κ2) is 7.67. The summed E-state index contributed by atoms with van der Waals surface area (Å²) < 4.78 is 0. The Morgan fingerprint density at radius 1 is 1.38 bits per heavy atom. The van der Waals surface area contributed by atoms with Gasteiger partial charge < -0.3 is 10.2 Å². The van der Waals surface area contributed by atoms with Crippen molar-refractivity contribution in [2.75, 3.05) is 32.0 Å². The maximum atomic E-state index is 12.4. The first-order valence-electron chi connectivity index (χ1n) is 8.56. The highest BCUT2D eigenvalue weighted by Crippen LogP contribution is 2.20. The first-order chi connectivity index (χ1) is 11.3. The topological polar surface area (TPSA) is 59.4 Å². The number of para-hydroxylation sites is 1. The molecular formula is C19H28N4O. The van der Waals surface area contributed by atoms with E-state index in [2.05, 4.69) is 41.4 Å². The van der Waals surface area contributed by atoms with Gasteiger partial charge in [0.05, 0.1) is 12.6 Å². The Morgan fingerprint density at radius 2 is 2.00 bits per heavy atom. The number of nitriles is 1. The molecule has 1 aromatic rings. The van der Waals surface area contributed by atoms with Crippen molar-refractivity contribution in [3.8, 4) is 6.07 Å². The van der Waals surface area contributed by atoms with Crippen LogP contribution in [0.5, 0.6) is 0 Å². The summed E-state index contributed by atoms with van der Waals surface area (Å²) in [6.07, 6.45) is 2.04. The maximum absolute atomic E-state index is 12.4. The summed E-state index contributed by atoms with van der Waals surface area (Å²) in [5.41, 5.74) is 1.69. The largest absolute Gasteiger partial charge is 0.382 e. The van der Waals surface area contributed by atoms with Crippen LogP contribution in [0.3, 0.4) is 0 Å². The van der Waals surface area contributed by atoms with Crippen molar-refractivity contribution >= 4 is 11.6 Å². The highest BCUT2D eigenvalue weighted by Gasteiger charge is 2.29. The molecule has 0 aliphatic carbocycles. The molecule has 1 aliphatic heterocycles. The molecule has 24 heavy (non-hydrogen) atoms. The van der Waals surface area contributed by atoms with Gasteiger partial charge in [-0.05, 0) is 45.2 Å². The van der Waals surface area contributed by atoms with E-state index in [9.17, 15) is 4.79 Å². The monoisotopic (exact) mass is 328 g/mol.